The van der Waals surface area contributed by atoms with E-state index in [4.69, 9.17) is 4.74 Å². The molecule has 22 heavy (non-hydrogen) atoms. The topological polar surface area (TPSA) is 66.5 Å². The Hall–Kier alpha value is -1.18. The van der Waals surface area contributed by atoms with Crippen LogP contribution in [0.5, 0.6) is 0 Å². The Bertz CT molecular complexity index is 480. The number of aryl methyl sites for hydroxylation is 1. The summed E-state index contributed by atoms with van der Waals surface area (Å²) in [7, 11) is 0. The Balaban J connectivity index is 1.68. The maximum Gasteiger partial charge on any atom is 0.315 e. The molecule has 2 amide bonds. The van der Waals surface area contributed by atoms with Crippen LogP contribution >= 0.6 is 11.3 Å². The van der Waals surface area contributed by atoms with Gasteiger partial charge in [0.1, 0.15) is 5.01 Å². The van der Waals surface area contributed by atoms with Crippen LogP contribution in [0, 0.1) is 0 Å². The number of hydrogen-bond donors (Lipinski definition) is 2. The largest absolute Gasteiger partial charge is 0.379 e. The van der Waals surface area contributed by atoms with Crippen molar-refractivity contribution in [3.05, 3.63) is 16.1 Å². The molecule has 0 radical (unpaired) electrons. The first-order chi connectivity index (χ1) is 10.6. The molecule has 2 heterocycles. The first-order valence-electron chi connectivity index (χ1n) is 7.89. The number of carbonyl (C=O) groups excluding carboxylic acids is 1. The fourth-order valence-electron chi connectivity index (χ4n) is 2.56. The Morgan fingerprint density at radius 3 is 3.09 bits per heavy atom. The lowest BCUT2D eigenvalue weighted by atomic mass is 10.2. The highest BCUT2D eigenvalue weighted by Gasteiger charge is 2.23. The number of urea groups is 1. The van der Waals surface area contributed by atoms with E-state index in [1.807, 2.05) is 6.20 Å². The average Bonchev–Trinajstić information content (AvgIpc) is 2.99. The first-order valence-corrected chi connectivity index (χ1v) is 8.70. The van der Waals surface area contributed by atoms with E-state index >= 15 is 0 Å². The van der Waals surface area contributed by atoms with Crippen molar-refractivity contribution in [2.75, 3.05) is 26.3 Å². The number of nitrogens with zero attached hydrogens (tertiary/aromatic N) is 2. The summed E-state index contributed by atoms with van der Waals surface area (Å²) in [6.07, 6.45) is 2.86. The van der Waals surface area contributed by atoms with Crippen molar-refractivity contribution in [1.29, 1.82) is 0 Å². The molecule has 2 atom stereocenters. The predicted octanol–water partition coefficient (Wildman–Crippen LogP) is 1.61. The van der Waals surface area contributed by atoms with Crippen molar-refractivity contribution >= 4 is 17.4 Å². The molecule has 2 N–H and O–H groups in total. The Labute approximate surface area is 136 Å². The van der Waals surface area contributed by atoms with Gasteiger partial charge in [0.15, 0.2) is 0 Å². The standard InChI is InChI=1S/C15H26N4O2S/c1-4-13-8-16-14(22-13)9-18-15(20)17-7-11(2)19-5-6-21-10-12(19)3/h8,11-12H,4-7,9-10H2,1-3H3,(H2,17,18,20)/t11-,12-/m0/s1. The predicted molar refractivity (Wildman–Crippen MR) is 88.2 cm³/mol. The van der Waals surface area contributed by atoms with E-state index in [0.717, 1.165) is 31.2 Å². The van der Waals surface area contributed by atoms with Crippen LogP contribution < -0.4 is 10.6 Å². The summed E-state index contributed by atoms with van der Waals surface area (Å²) in [6, 6.07) is 0.564. The molecule has 1 aliphatic heterocycles. The van der Waals surface area contributed by atoms with Gasteiger partial charge in [-0.15, -0.1) is 11.3 Å². The lowest BCUT2D eigenvalue weighted by Crippen LogP contribution is -2.52. The zero-order chi connectivity index (χ0) is 15.9. The Morgan fingerprint density at radius 1 is 1.59 bits per heavy atom. The molecule has 0 spiro atoms. The smallest absolute Gasteiger partial charge is 0.315 e. The van der Waals surface area contributed by atoms with Crippen molar-refractivity contribution in [1.82, 2.24) is 20.5 Å². The molecule has 2 rings (SSSR count). The van der Waals surface area contributed by atoms with E-state index in [9.17, 15) is 4.79 Å². The molecule has 1 aromatic rings. The van der Waals surface area contributed by atoms with Crippen LogP contribution in [0.1, 0.15) is 30.7 Å². The number of rotatable bonds is 6. The molecular weight excluding hydrogens is 300 g/mol. The number of carbonyl (C=O) groups is 1. The molecule has 1 fully saturated rings. The minimum absolute atomic E-state index is 0.138. The number of hydrogen-bond acceptors (Lipinski definition) is 5. The van der Waals surface area contributed by atoms with Crippen molar-refractivity contribution in [3.8, 4) is 0 Å². The lowest BCUT2D eigenvalue weighted by molar-refractivity contribution is -0.0176. The van der Waals surface area contributed by atoms with Crippen molar-refractivity contribution < 1.29 is 9.53 Å². The van der Waals surface area contributed by atoms with E-state index in [-0.39, 0.29) is 6.03 Å². The molecule has 124 valence electrons. The molecule has 0 unspecified atom stereocenters. The number of morpholine rings is 1. The third-order valence-electron chi connectivity index (χ3n) is 3.89. The summed E-state index contributed by atoms with van der Waals surface area (Å²) in [5.74, 6) is 0. The van der Waals surface area contributed by atoms with E-state index in [1.54, 1.807) is 11.3 Å². The molecule has 1 saturated heterocycles. The van der Waals surface area contributed by atoms with Gasteiger partial charge in [0, 0.05) is 36.2 Å². The van der Waals surface area contributed by atoms with Gasteiger partial charge in [-0.25, -0.2) is 9.78 Å². The van der Waals surface area contributed by atoms with E-state index in [0.29, 0.717) is 25.2 Å². The van der Waals surface area contributed by atoms with Gasteiger partial charge in [-0.1, -0.05) is 6.92 Å². The normalized spacial score (nSPS) is 20.6. The summed E-state index contributed by atoms with van der Waals surface area (Å²) in [4.78, 5) is 19.8. The van der Waals surface area contributed by atoms with E-state index < -0.39 is 0 Å². The van der Waals surface area contributed by atoms with Crippen LogP contribution in [0.3, 0.4) is 0 Å². The van der Waals surface area contributed by atoms with Gasteiger partial charge in [-0.2, -0.15) is 0 Å². The fraction of sp³-hybridized carbons (Fsp3) is 0.733. The molecule has 0 aliphatic carbocycles. The second kappa shape index (κ2) is 8.45. The minimum atomic E-state index is -0.138. The van der Waals surface area contributed by atoms with Crippen LogP contribution in [-0.2, 0) is 17.7 Å². The third kappa shape index (κ3) is 4.93. The van der Waals surface area contributed by atoms with Crippen molar-refractivity contribution in [2.45, 2.75) is 45.8 Å². The SMILES string of the molecule is CCc1cnc(CNC(=O)NC[C@H](C)N2CCOC[C@@H]2C)s1. The third-order valence-corrected chi connectivity index (χ3v) is 5.03. The molecule has 1 aliphatic rings. The maximum absolute atomic E-state index is 11.9. The molecule has 6 nitrogen and oxygen atoms in total. The maximum atomic E-state index is 11.9. The van der Waals surface area contributed by atoms with Crippen LogP contribution in [0.25, 0.3) is 0 Å². The summed E-state index contributed by atoms with van der Waals surface area (Å²) < 4.78 is 5.44. The second-order valence-corrected chi connectivity index (χ2v) is 6.85. The van der Waals surface area contributed by atoms with Crippen LogP contribution in [-0.4, -0.2) is 54.3 Å². The minimum Gasteiger partial charge on any atom is -0.379 e. The van der Waals surface area contributed by atoms with Gasteiger partial charge in [0.05, 0.1) is 19.8 Å². The number of thiazole rings is 1. The van der Waals surface area contributed by atoms with Gasteiger partial charge in [0.25, 0.3) is 0 Å². The quantitative estimate of drug-likeness (QED) is 0.833. The molecule has 7 heteroatoms. The number of nitrogens with one attached hydrogen (secondary N) is 2. The number of aromatic nitrogens is 1. The molecule has 0 saturated carbocycles. The van der Waals surface area contributed by atoms with Crippen LogP contribution in [0.15, 0.2) is 6.20 Å². The lowest BCUT2D eigenvalue weighted by Gasteiger charge is -2.37. The number of ether oxygens (including phenoxy) is 1. The van der Waals surface area contributed by atoms with E-state index in [2.05, 4.69) is 41.3 Å². The highest BCUT2D eigenvalue weighted by atomic mass is 32.1. The van der Waals surface area contributed by atoms with Crippen LogP contribution in [0.4, 0.5) is 4.79 Å². The van der Waals surface area contributed by atoms with Crippen LogP contribution in [0.2, 0.25) is 0 Å². The van der Waals surface area contributed by atoms with Gasteiger partial charge in [-0.05, 0) is 20.3 Å². The first kappa shape index (κ1) is 17.2. The Morgan fingerprint density at radius 2 is 2.41 bits per heavy atom. The number of amides is 2. The summed E-state index contributed by atoms with van der Waals surface area (Å²) in [6.45, 7) is 9.97. The highest BCUT2D eigenvalue weighted by molar-refractivity contribution is 7.11. The fourth-order valence-corrected chi connectivity index (χ4v) is 3.37. The second-order valence-electron chi connectivity index (χ2n) is 5.65. The molecular formula is C15H26N4O2S. The van der Waals surface area contributed by atoms with Gasteiger partial charge in [-0.3, -0.25) is 4.90 Å². The molecule has 0 aromatic carbocycles. The average molecular weight is 326 g/mol. The monoisotopic (exact) mass is 326 g/mol. The van der Waals surface area contributed by atoms with Gasteiger partial charge in [0.2, 0.25) is 0 Å². The highest BCUT2D eigenvalue weighted by Crippen LogP contribution is 2.13. The zero-order valence-electron chi connectivity index (χ0n) is 13.6. The van der Waals surface area contributed by atoms with Gasteiger partial charge >= 0.3 is 6.03 Å². The van der Waals surface area contributed by atoms with Gasteiger partial charge < -0.3 is 15.4 Å². The Kier molecular flexibility index (Phi) is 6.60. The van der Waals surface area contributed by atoms with Crippen molar-refractivity contribution in [3.63, 3.8) is 0 Å². The zero-order valence-corrected chi connectivity index (χ0v) is 14.4. The summed E-state index contributed by atoms with van der Waals surface area (Å²) >= 11 is 1.65. The summed E-state index contributed by atoms with van der Waals surface area (Å²) in [5.41, 5.74) is 0. The molecule has 0 bridgehead atoms. The van der Waals surface area contributed by atoms with E-state index in [1.165, 1.54) is 4.88 Å². The molecule has 1 aromatic heterocycles. The summed E-state index contributed by atoms with van der Waals surface area (Å²) in [5, 5.41) is 6.74. The van der Waals surface area contributed by atoms with Crippen molar-refractivity contribution in [2.24, 2.45) is 0 Å².